The summed E-state index contributed by atoms with van der Waals surface area (Å²) in [5.74, 6) is -5.21. The molecule has 6 atom stereocenters. The Balaban J connectivity index is 1.31. The minimum Gasteiger partial charge on any atom is -0.502 e. The van der Waals surface area contributed by atoms with Crippen molar-refractivity contribution in [2.24, 2.45) is 29.6 Å². The van der Waals surface area contributed by atoms with Crippen molar-refractivity contribution in [2.75, 3.05) is 24.0 Å². The van der Waals surface area contributed by atoms with Gasteiger partial charge in [0.05, 0.1) is 48.8 Å². The van der Waals surface area contributed by atoms with Gasteiger partial charge in [0.2, 0.25) is 29.4 Å². The number of fused-ring (bicyclic) bond motifs is 4. The highest BCUT2D eigenvalue weighted by atomic mass is 35.5. The third kappa shape index (κ3) is 5.49. The standard InChI is InChI=1S/C44H37ClN2O8/c1-24(48)26-13-15-29(16-14-26)46-40(50)32-18-17-31-33(38(32)42(46)52)23-35-41(51)47(30-11-7-10-28(45)22-30)43(53)44(35,27-8-5-4-6-9-27)34(31)19-12-25-20-36(54-2)39(49)37(21-25)55-3/h4-17,19-22,32-35,38,49H,18,23H2,1-3H3/t32-,33+,34-,35-,38-,44-/m0/s1. The second-order valence-corrected chi connectivity index (χ2v) is 14.8. The van der Waals surface area contributed by atoms with Gasteiger partial charge in [0.1, 0.15) is 0 Å². The average Bonchev–Trinajstić information content (AvgIpc) is 3.58. The fourth-order valence-corrected chi connectivity index (χ4v) is 9.49. The number of amides is 4. The fraction of sp³-hybridized carbons (Fsp3) is 0.250. The van der Waals surface area contributed by atoms with Gasteiger partial charge in [-0.15, -0.1) is 0 Å². The second-order valence-electron chi connectivity index (χ2n) is 14.4. The zero-order valence-corrected chi connectivity index (χ0v) is 31.0. The third-order valence-corrected chi connectivity index (χ3v) is 12.0. The summed E-state index contributed by atoms with van der Waals surface area (Å²) in [5.41, 5.74) is 1.76. The van der Waals surface area contributed by atoms with E-state index in [1.807, 2.05) is 42.5 Å². The molecule has 2 saturated heterocycles. The van der Waals surface area contributed by atoms with Crippen molar-refractivity contribution < 1.29 is 38.6 Å². The number of Topliss-reactive ketones (excluding diaryl/α,β-unsaturated/α-hetero) is 1. The molecule has 0 aromatic heterocycles. The zero-order valence-electron chi connectivity index (χ0n) is 30.3. The molecule has 0 bridgehead atoms. The van der Waals surface area contributed by atoms with Gasteiger partial charge < -0.3 is 14.6 Å². The molecule has 2 heterocycles. The van der Waals surface area contributed by atoms with Crippen molar-refractivity contribution in [2.45, 2.75) is 25.2 Å². The van der Waals surface area contributed by atoms with Crippen LogP contribution in [-0.4, -0.2) is 48.7 Å². The van der Waals surface area contributed by atoms with Gasteiger partial charge in [-0.1, -0.05) is 71.8 Å². The van der Waals surface area contributed by atoms with Crippen molar-refractivity contribution in [1.82, 2.24) is 0 Å². The molecule has 2 aliphatic heterocycles. The molecule has 2 aliphatic carbocycles. The number of aromatic hydroxyl groups is 1. The van der Waals surface area contributed by atoms with Crippen LogP contribution < -0.4 is 19.3 Å². The number of halogens is 1. The van der Waals surface area contributed by atoms with Gasteiger partial charge in [-0.2, -0.15) is 0 Å². The van der Waals surface area contributed by atoms with Crippen molar-refractivity contribution in [3.8, 4) is 17.2 Å². The first-order valence-electron chi connectivity index (χ1n) is 18.0. The van der Waals surface area contributed by atoms with Crippen LogP contribution in [0.5, 0.6) is 17.2 Å². The number of carbonyl (C=O) groups is 5. The molecular weight excluding hydrogens is 720 g/mol. The molecule has 1 N–H and O–H groups in total. The third-order valence-electron chi connectivity index (χ3n) is 11.7. The van der Waals surface area contributed by atoms with E-state index in [4.69, 9.17) is 21.1 Å². The van der Waals surface area contributed by atoms with Gasteiger partial charge in [0, 0.05) is 16.5 Å². The predicted molar refractivity (Wildman–Crippen MR) is 206 cm³/mol. The van der Waals surface area contributed by atoms with Crippen LogP contribution in [0.3, 0.4) is 0 Å². The first kappa shape index (κ1) is 36.0. The van der Waals surface area contributed by atoms with E-state index in [1.165, 1.54) is 30.9 Å². The first-order valence-corrected chi connectivity index (χ1v) is 18.4. The Labute approximate surface area is 322 Å². The molecule has 0 spiro atoms. The number of hydrogen-bond donors (Lipinski definition) is 1. The minimum atomic E-state index is -1.44. The topological polar surface area (TPSA) is 131 Å². The van der Waals surface area contributed by atoms with Crippen LogP contribution in [0.4, 0.5) is 11.4 Å². The maximum absolute atomic E-state index is 15.4. The minimum absolute atomic E-state index is 0.136. The maximum atomic E-state index is 15.4. The molecule has 4 aromatic carbocycles. The summed E-state index contributed by atoms with van der Waals surface area (Å²) in [6.45, 7) is 1.45. The number of allylic oxidation sites excluding steroid dienone is 3. The highest BCUT2D eigenvalue weighted by Crippen LogP contribution is 2.62. The number of ether oxygens (including phenoxy) is 2. The first-order chi connectivity index (χ1) is 26.5. The highest BCUT2D eigenvalue weighted by molar-refractivity contribution is 6.32. The molecule has 1 saturated carbocycles. The van der Waals surface area contributed by atoms with Gasteiger partial charge in [-0.05, 0) is 91.4 Å². The molecule has 4 aromatic rings. The molecular formula is C44H37ClN2O8. The molecule has 3 fully saturated rings. The number of methoxy groups -OCH3 is 2. The van der Waals surface area contributed by atoms with Crippen molar-refractivity contribution >= 4 is 58.5 Å². The normalized spacial score (nSPS) is 25.8. The summed E-state index contributed by atoms with van der Waals surface area (Å²) >= 11 is 6.41. The number of rotatable bonds is 8. The van der Waals surface area contributed by atoms with E-state index < -0.39 is 46.8 Å². The summed E-state index contributed by atoms with van der Waals surface area (Å²) in [4.78, 5) is 73.3. The predicted octanol–water partition coefficient (Wildman–Crippen LogP) is 7.18. The van der Waals surface area contributed by atoms with Gasteiger partial charge in [0.15, 0.2) is 17.3 Å². The Bertz CT molecular complexity index is 2310. The van der Waals surface area contributed by atoms with Crippen LogP contribution in [0.15, 0.2) is 109 Å². The van der Waals surface area contributed by atoms with Crippen LogP contribution in [0.25, 0.3) is 6.08 Å². The van der Waals surface area contributed by atoms with Crippen molar-refractivity contribution in [1.29, 1.82) is 0 Å². The summed E-state index contributed by atoms with van der Waals surface area (Å²) in [7, 11) is 2.86. The van der Waals surface area contributed by atoms with Crippen LogP contribution >= 0.6 is 11.6 Å². The van der Waals surface area contributed by atoms with E-state index in [1.54, 1.807) is 66.7 Å². The largest absolute Gasteiger partial charge is 0.502 e. The van der Waals surface area contributed by atoms with E-state index in [0.29, 0.717) is 33.1 Å². The maximum Gasteiger partial charge on any atom is 0.246 e. The molecule has 11 heteroatoms. The van der Waals surface area contributed by atoms with E-state index in [9.17, 15) is 24.3 Å². The van der Waals surface area contributed by atoms with E-state index >= 15 is 4.79 Å². The number of nitrogens with zero attached hydrogens (tertiary/aromatic N) is 2. The highest BCUT2D eigenvalue weighted by Gasteiger charge is 2.69. The Kier molecular flexibility index (Phi) is 8.96. The summed E-state index contributed by atoms with van der Waals surface area (Å²) < 4.78 is 10.8. The lowest BCUT2D eigenvalue weighted by Gasteiger charge is -2.49. The number of hydrogen-bond acceptors (Lipinski definition) is 8. The summed E-state index contributed by atoms with van der Waals surface area (Å²) in [5, 5.41) is 11.0. The molecule has 10 nitrogen and oxygen atoms in total. The number of benzene rings is 4. The van der Waals surface area contributed by atoms with E-state index in [0.717, 1.165) is 5.57 Å². The van der Waals surface area contributed by atoms with E-state index in [-0.39, 0.29) is 47.7 Å². The monoisotopic (exact) mass is 756 g/mol. The lowest BCUT2D eigenvalue weighted by molar-refractivity contribution is -0.128. The SMILES string of the molecule is COc1cc(C=C[C@H]2C3=CC[C@@H]4C(=O)N(c5ccc(C(C)=O)cc5)C(=O)[C@@H]4[C@@H]3C[C@H]3C(=O)N(c4cccc(Cl)c4)C(=O)[C@@]23c2ccccc2)cc(OC)c1O. The second kappa shape index (κ2) is 13.7. The molecule has 55 heavy (non-hydrogen) atoms. The van der Waals surface area contributed by atoms with E-state index in [2.05, 4.69) is 0 Å². The lowest BCUT2D eigenvalue weighted by atomic mass is 9.50. The van der Waals surface area contributed by atoms with Crippen LogP contribution in [-0.2, 0) is 24.6 Å². The van der Waals surface area contributed by atoms with Crippen molar-refractivity contribution in [3.63, 3.8) is 0 Å². The Hall–Kier alpha value is -6.00. The number of anilines is 2. The number of phenols is 1. The fourth-order valence-electron chi connectivity index (χ4n) is 9.31. The van der Waals surface area contributed by atoms with Gasteiger partial charge in [-0.25, -0.2) is 4.90 Å². The van der Waals surface area contributed by atoms with Crippen LogP contribution in [0.1, 0.15) is 41.3 Å². The number of phenolic OH excluding ortho intramolecular Hbond substituents is 1. The van der Waals surface area contributed by atoms with Gasteiger partial charge >= 0.3 is 0 Å². The Morgan fingerprint density at radius 1 is 0.818 bits per heavy atom. The van der Waals surface area contributed by atoms with Crippen LogP contribution in [0, 0.1) is 29.6 Å². The Morgan fingerprint density at radius 2 is 1.51 bits per heavy atom. The number of ketones is 1. The molecule has 8 rings (SSSR count). The number of imide groups is 2. The zero-order chi connectivity index (χ0) is 38.8. The molecule has 4 amide bonds. The van der Waals surface area contributed by atoms with Crippen molar-refractivity contribution in [3.05, 3.63) is 130 Å². The molecule has 0 radical (unpaired) electrons. The van der Waals surface area contributed by atoms with Crippen LogP contribution in [0.2, 0.25) is 5.02 Å². The quantitative estimate of drug-likeness (QED) is 0.114. The molecule has 278 valence electrons. The van der Waals surface area contributed by atoms with Gasteiger partial charge in [0.25, 0.3) is 0 Å². The molecule has 4 aliphatic rings. The average molecular weight is 757 g/mol. The summed E-state index contributed by atoms with van der Waals surface area (Å²) in [6.07, 6.45) is 6.06. The molecule has 0 unspecified atom stereocenters. The summed E-state index contributed by atoms with van der Waals surface area (Å²) in [6, 6.07) is 25.5. The Morgan fingerprint density at radius 3 is 2.15 bits per heavy atom. The smallest absolute Gasteiger partial charge is 0.246 e. The number of carbonyl (C=O) groups excluding carboxylic acids is 5. The lowest BCUT2D eigenvalue weighted by Crippen LogP contribution is -2.54. The van der Waals surface area contributed by atoms with Gasteiger partial charge in [-0.3, -0.25) is 28.9 Å².